The Morgan fingerprint density at radius 2 is 1.63 bits per heavy atom. The highest BCUT2D eigenvalue weighted by Crippen LogP contribution is 2.27. The second-order valence-electron chi connectivity index (χ2n) is 6.89. The van der Waals surface area contributed by atoms with E-state index in [0.717, 1.165) is 0 Å². The van der Waals surface area contributed by atoms with Crippen molar-refractivity contribution in [2.24, 2.45) is 5.92 Å². The van der Waals surface area contributed by atoms with Gasteiger partial charge in [-0.15, -0.1) is 0 Å². The van der Waals surface area contributed by atoms with Crippen LogP contribution in [-0.4, -0.2) is 43.4 Å². The molecule has 0 saturated carbocycles. The summed E-state index contributed by atoms with van der Waals surface area (Å²) in [6.45, 7) is 1.63. The van der Waals surface area contributed by atoms with Crippen molar-refractivity contribution in [1.29, 1.82) is 0 Å². The van der Waals surface area contributed by atoms with Crippen molar-refractivity contribution >= 4 is 40.9 Å². The lowest BCUT2D eigenvalue weighted by molar-refractivity contribution is -0.151. The molecule has 1 amide bonds. The number of anilines is 1. The van der Waals surface area contributed by atoms with Gasteiger partial charge in [0.1, 0.15) is 0 Å². The van der Waals surface area contributed by atoms with E-state index >= 15 is 0 Å². The SMILES string of the molecule is COC(=O)c1ccc(N2CC(C(=O)OC(C)C(=O)c3ccc(Cl)cc3)CC2=O)cc1. The first kappa shape index (κ1) is 21.5. The molecule has 1 aliphatic heterocycles. The van der Waals surface area contributed by atoms with E-state index in [1.165, 1.54) is 18.9 Å². The van der Waals surface area contributed by atoms with Gasteiger partial charge in [-0.2, -0.15) is 0 Å². The number of carbonyl (C=O) groups excluding carboxylic acids is 4. The van der Waals surface area contributed by atoms with E-state index in [9.17, 15) is 19.2 Å². The molecule has 1 heterocycles. The molecule has 0 bridgehead atoms. The van der Waals surface area contributed by atoms with Crippen molar-refractivity contribution in [3.05, 3.63) is 64.7 Å². The van der Waals surface area contributed by atoms with Crippen LogP contribution in [0.1, 0.15) is 34.1 Å². The van der Waals surface area contributed by atoms with Gasteiger partial charge in [0, 0.05) is 29.2 Å². The second-order valence-corrected chi connectivity index (χ2v) is 7.33. The number of halogens is 1. The molecule has 2 atom stereocenters. The maximum absolute atomic E-state index is 12.5. The van der Waals surface area contributed by atoms with Gasteiger partial charge in [-0.1, -0.05) is 11.6 Å². The smallest absolute Gasteiger partial charge is 0.337 e. The summed E-state index contributed by atoms with van der Waals surface area (Å²) in [5.74, 6) is -2.35. The van der Waals surface area contributed by atoms with Gasteiger partial charge in [0.25, 0.3) is 0 Å². The third kappa shape index (κ3) is 4.68. The van der Waals surface area contributed by atoms with Crippen LogP contribution in [0.4, 0.5) is 5.69 Å². The normalized spacial score (nSPS) is 16.8. The fourth-order valence-electron chi connectivity index (χ4n) is 3.18. The molecule has 0 radical (unpaired) electrons. The molecule has 2 aromatic carbocycles. The summed E-state index contributed by atoms with van der Waals surface area (Å²) in [5.41, 5.74) is 1.31. The highest BCUT2D eigenvalue weighted by Gasteiger charge is 2.37. The van der Waals surface area contributed by atoms with Crippen LogP contribution in [0.2, 0.25) is 5.02 Å². The Morgan fingerprint density at radius 3 is 2.23 bits per heavy atom. The minimum Gasteiger partial charge on any atom is -0.465 e. The molecule has 1 fully saturated rings. The largest absolute Gasteiger partial charge is 0.465 e. The van der Waals surface area contributed by atoms with Gasteiger partial charge >= 0.3 is 11.9 Å². The van der Waals surface area contributed by atoms with Gasteiger partial charge in [0.15, 0.2) is 6.10 Å². The van der Waals surface area contributed by atoms with Crippen LogP contribution in [0.3, 0.4) is 0 Å². The molecule has 7 nitrogen and oxygen atoms in total. The Balaban J connectivity index is 1.62. The summed E-state index contributed by atoms with van der Waals surface area (Å²) < 4.78 is 9.97. The molecule has 2 aromatic rings. The molecule has 30 heavy (non-hydrogen) atoms. The van der Waals surface area contributed by atoms with E-state index in [4.69, 9.17) is 16.3 Å². The van der Waals surface area contributed by atoms with Gasteiger partial charge in [0.05, 0.1) is 18.6 Å². The zero-order valence-electron chi connectivity index (χ0n) is 16.5. The predicted molar refractivity (Wildman–Crippen MR) is 110 cm³/mol. The summed E-state index contributed by atoms with van der Waals surface area (Å²) in [5, 5.41) is 0.500. The van der Waals surface area contributed by atoms with E-state index in [2.05, 4.69) is 4.74 Å². The molecule has 3 rings (SSSR count). The number of carbonyl (C=O) groups is 4. The summed E-state index contributed by atoms with van der Waals surface area (Å²) in [4.78, 5) is 50.3. The number of rotatable bonds is 6. The van der Waals surface area contributed by atoms with E-state index < -0.39 is 24.0 Å². The van der Waals surface area contributed by atoms with Gasteiger partial charge < -0.3 is 14.4 Å². The van der Waals surface area contributed by atoms with Crippen LogP contribution in [0.25, 0.3) is 0 Å². The standard InChI is InChI=1S/C22H20ClNO6/c1-13(20(26)14-3-7-17(23)8-4-14)30-22(28)16-11-19(25)24(12-16)18-9-5-15(6-10-18)21(27)29-2/h3-10,13,16H,11-12H2,1-2H3. The number of hydrogen-bond acceptors (Lipinski definition) is 6. The molecule has 2 unspecified atom stereocenters. The molecular weight excluding hydrogens is 410 g/mol. The number of nitrogens with zero attached hydrogens (tertiary/aromatic N) is 1. The Bertz CT molecular complexity index is 970. The maximum atomic E-state index is 12.5. The van der Waals surface area contributed by atoms with Crippen molar-refractivity contribution in [1.82, 2.24) is 0 Å². The zero-order chi connectivity index (χ0) is 21.8. The Hall–Kier alpha value is -3.19. The average Bonchev–Trinajstić information content (AvgIpc) is 3.15. The molecule has 0 aliphatic carbocycles. The van der Waals surface area contributed by atoms with Crippen LogP contribution >= 0.6 is 11.6 Å². The minimum atomic E-state index is -0.984. The highest BCUT2D eigenvalue weighted by atomic mass is 35.5. The van der Waals surface area contributed by atoms with E-state index in [0.29, 0.717) is 21.8 Å². The fraction of sp³-hybridized carbons (Fsp3) is 0.273. The first-order chi connectivity index (χ1) is 14.3. The average molecular weight is 430 g/mol. The highest BCUT2D eigenvalue weighted by molar-refractivity contribution is 6.30. The summed E-state index contributed by atoms with van der Waals surface area (Å²) >= 11 is 5.82. The molecule has 0 N–H and O–H groups in total. The lowest BCUT2D eigenvalue weighted by Gasteiger charge is -2.18. The lowest BCUT2D eigenvalue weighted by atomic mass is 10.1. The summed E-state index contributed by atoms with van der Waals surface area (Å²) in [6.07, 6.45) is -0.999. The van der Waals surface area contributed by atoms with Crippen molar-refractivity contribution in [2.75, 3.05) is 18.6 Å². The lowest BCUT2D eigenvalue weighted by Crippen LogP contribution is -2.30. The van der Waals surface area contributed by atoms with Gasteiger partial charge in [-0.25, -0.2) is 4.79 Å². The Morgan fingerprint density at radius 1 is 1.03 bits per heavy atom. The number of hydrogen-bond donors (Lipinski definition) is 0. The van der Waals surface area contributed by atoms with Gasteiger partial charge in [-0.05, 0) is 55.5 Å². The number of ketones is 1. The number of ether oxygens (including phenoxy) is 2. The first-order valence-electron chi connectivity index (χ1n) is 9.29. The number of amides is 1. The van der Waals surface area contributed by atoms with Crippen LogP contribution in [0.5, 0.6) is 0 Å². The van der Waals surface area contributed by atoms with Crippen LogP contribution in [0.15, 0.2) is 48.5 Å². The zero-order valence-corrected chi connectivity index (χ0v) is 17.2. The molecule has 1 aliphatic rings. The van der Waals surface area contributed by atoms with Crippen molar-refractivity contribution in [2.45, 2.75) is 19.4 Å². The van der Waals surface area contributed by atoms with E-state index in [-0.39, 0.29) is 24.7 Å². The number of Topliss-reactive ketones (excluding diaryl/α,β-unsaturated/α-hetero) is 1. The number of benzene rings is 2. The van der Waals surface area contributed by atoms with Crippen LogP contribution < -0.4 is 4.90 Å². The van der Waals surface area contributed by atoms with Crippen molar-refractivity contribution < 1.29 is 28.7 Å². The monoisotopic (exact) mass is 429 g/mol. The topological polar surface area (TPSA) is 90.0 Å². The molecule has 8 heteroatoms. The number of methoxy groups -OCH3 is 1. The predicted octanol–water partition coefficient (Wildman–Crippen LogP) is 3.29. The molecular formula is C22H20ClNO6. The molecule has 1 saturated heterocycles. The summed E-state index contributed by atoms with van der Waals surface area (Å²) in [7, 11) is 1.29. The van der Waals surface area contributed by atoms with Crippen LogP contribution in [0, 0.1) is 5.92 Å². The fourth-order valence-corrected chi connectivity index (χ4v) is 3.31. The van der Waals surface area contributed by atoms with Crippen molar-refractivity contribution in [3.8, 4) is 0 Å². The minimum absolute atomic E-state index is 0.0144. The van der Waals surface area contributed by atoms with E-state index in [1.54, 1.807) is 48.5 Å². The van der Waals surface area contributed by atoms with E-state index in [1.807, 2.05) is 0 Å². The van der Waals surface area contributed by atoms with Gasteiger partial charge in [-0.3, -0.25) is 14.4 Å². The molecule has 0 aromatic heterocycles. The third-order valence-electron chi connectivity index (χ3n) is 4.85. The van der Waals surface area contributed by atoms with Gasteiger partial charge in [0.2, 0.25) is 11.7 Å². The Labute approximate surface area is 178 Å². The summed E-state index contributed by atoms with van der Waals surface area (Å²) in [6, 6.07) is 12.6. The number of esters is 2. The van der Waals surface area contributed by atoms with Crippen LogP contribution in [-0.2, 0) is 19.1 Å². The Kier molecular flexibility index (Phi) is 6.52. The van der Waals surface area contributed by atoms with Crippen molar-refractivity contribution in [3.63, 3.8) is 0 Å². The quantitative estimate of drug-likeness (QED) is 0.517. The second kappa shape index (κ2) is 9.09. The molecule has 0 spiro atoms. The first-order valence-corrected chi connectivity index (χ1v) is 9.67. The maximum Gasteiger partial charge on any atom is 0.337 e. The molecule has 156 valence electrons. The third-order valence-corrected chi connectivity index (χ3v) is 5.10.